The van der Waals surface area contributed by atoms with E-state index in [1.54, 1.807) is 0 Å². The lowest BCUT2D eigenvalue weighted by atomic mass is 9.81. The van der Waals surface area contributed by atoms with E-state index in [4.69, 9.17) is 15.2 Å². The number of nitrogens with two attached hydrogens (primary N) is 1. The standard InChI is InChI=1S/C17H19NO2/c1-2-17(18,13-6-4-3-5-7-13)14-8-9-15-16(12-14)20-11-10-19-15/h3-9,12H,2,10-11,18H2,1H3. The highest BCUT2D eigenvalue weighted by Gasteiger charge is 2.29. The molecule has 0 fully saturated rings. The highest BCUT2D eigenvalue weighted by atomic mass is 16.6. The zero-order chi connectivity index (χ0) is 14.0. The summed E-state index contributed by atoms with van der Waals surface area (Å²) in [6.07, 6.45) is 0.816. The minimum Gasteiger partial charge on any atom is -0.486 e. The molecular formula is C17H19NO2. The fourth-order valence-electron chi connectivity index (χ4n) is 2.63. The molecule has 1 unspecified atom stereocenters. The van der Waals surface area contributed by atoms with Crippen LogP contribution in [0.4, 0.5) is 0 Å². The van der Waals surface area contributed by atoms with Gasteiger partial charge < -0.3 is 15.2 Å². The van der Waals surface area contributed by atoms with E-state index >= 15 is 0 Å². The Kier molecular flexibility index (Phi) is 3.36. The quantitative estimate of drug-likeness (QED) is 0.931. The van der Waals surface area contributed by atoms with Gasteiger partial charge in [-0.05, 0) is 29.7 Å². The van der Waals surface area contributed by atoms with Gasteiger partial charge in [0, 0.05) is 0 Å². The molecule has 1 heterocycles. The van der Waals surface area contributed by atoms with Crippen LogP contribution >= 0.6 is 0 Å². The molecule has 1 aliphatic rings. The zero-order valence-corrected chi connectivity index (χ0v) is 11.6. The van der Waals surface area contributed by atoms with Crippen molar-refractivity contribution in [2.24, 2.45) is 5.73 Å². The predicted molar refractivity (Wildman–Crippen MR) is 79.1 cm³/mol. The second kappa shape index (κ2) is 5.17. The lowest BCUT2D eigenvalue weighted by Gasteiger charge is -2.31. The molecular weight excluding hydrogens is 250 g/mol. The molecule has 3 nitrogen and oxygen atoms in total. The molecule has 0 saturated carbocycles. The van der Waals surface area contributed by atoms with Crippen LogP contribution in [-0.2, 0) is 5.54 Å². The molecule has 0 aliphatic carbocycles. The Morgan fingerprint density at radius 1 is 0.950 bits per heavy atom. The minimum atomic E-state index is -0.503. The second-order valence-electron chi connectivity index (χ2n) is 5.05. The fourth-order valence-corrected chi connectivity index (χ4v) is 2.63. The van der Waals surface area contributed by atoms with Crippen molar-refractivity contribution in [1.29, 1.82) is 0 Å². The summed E-state index contributed by atoms with van der Waals surface area (Å²) in [4.78, 5) is 0. The summed E-state index contributed by atoms with van der Waals surface area (Å²) in [5, 5.41) is 0. The zero-order valence-electron chi connectivity index (χ0n) is 11.6. The van der Waals surface area contributed by atoms with Crippen molar-refractivity contribution < 1.29 is 9.47 Å². The van der Waals surface area contributed by atoms with Crippen molar-refractivity contribution in [3.05, 3.63) is 59.7 Å². The number of hydrogen-bond donors (Lipinski definition) is 1. The number of benzene rings is 2. The van der Waals surface area contributed by atoms with Crippen LogP contribution in [-0.4, -0.2) is 13.2 Å². The van der Waals surface area contributed by atoms with E-state index in [9.17, 15) is 0 Å². The van der Waals surface area contributed by atoms with Gasteiger partial charge in [-0.1, -0.05) is 43.3 Å². The van der Waals surface area contributed by atoms with Crippen LogP contribution in [0.15, 0.2) is 48.5 Å². The maximum atomic E-state index is 6.68. The topological polar surface area (TPSA) is 44.5 Å². The maximum absolute atomic E-state index is 6.68. The molecule has 1 aliphatic heterocycles. The summed E-state index contributed by atoms with van der Waals surface area (Å²) in [7, 11) is 0. The van der Waals surface area contributed by atoms with Crippen LogP contribution in [0.5, 0.6) is 11.5 Å². The van der Waals surface area contributed by atoms with Crippen molar-refractivity contribution in [2.75, 3.05) is 13.2 Å². The molecule has 0 aromatic heterocycles. The summed E-state index contributed by atoms with van der Waals surface area (Å²) >= 11 is 0. The number of ether oxygens (including phenoxy) is 2. The Hall–Kier alpha value is -2.00. The number of fused-ring (bicyclic) bond motifs is 1. The molecule has 3 heteroatoms. The molecule has 0 spiro atoms. The van der Waals surface area contributed by atoms with Crippen LogP contribution in [0.1, 0.15) is 24.5 Å². The first-order valence-electron chi connectivity index (χ1n) is 6.98. The lowest BCUT2D eigenvalue weighted by molar-refractivity contribution is 0.171. The Labute approximate surface area is 119 Å². The Morgan fingerprint density at radius 2 is 1.65 bits per heavy atom. The van der Waals surface area contributed by atoms with Crippen LogP contribution in [0.25, 0.3) is 0 Å². The molecule has 104 valence electrons. The molecule has 2 N–H and O–H groups in total. The van der Waals surface area contributed by atoms with Crippen LogP contribution < -0.4 is 15.2 Å². The van der Waals surface area contributed by atoms with Gasteiger partial charge in [-0.25, -0.2) is 0 Å². The van der Waals surface area contributed by atoms with Gasteiger partial charge >= 0.3 is 0 Å². The molecule has 0 bridgehead atoms. The predicted octanol–water partition coefficient (Wildman–Crippen LogP) is 3.07. The van der Waals surface area contributed by atoms with Gasteiger partial charge in [0.1, 0.15) is 13.2 Å². The minimum absolute atomic E-state index is 0.503. The second-order valence-corrected chi connectivity index (χ2v) is 5.05. The smallest absolute Gasteiger partial charge is 0.161 e. The van der Waals surface area contributed by atoms with Crippen molar-refractivity contribution in [3.8, 4) is 11.5 Å². The molecule has 2 aromatic carbocycles. The van der Waals surface area contributed by atoms with Crippen molar-refractivity contribution >= 4 is 0 Å². The van der Waals surface area contributed by atoms with E-state index in [-0.39, 0.29) is 0 Å². The van der Waals surface area contributed by atoms with Crippen molar-refractivity contribution in [3.63, 3.8) is 0 Å². The van der Waals surface area contributed by atoms with E-state index in [2.05, 4.69) is 19.1 Å². The lowest BCUT2D eigenvalue weighted by Crippen LogP contribution is -2.37. The highest BCUT2D eigenvalue weighted by molar-refractivity contribution is 5.48. The van der Waals surface area contributed by atoms with Crippen LogP contribution in [0, 0.1) is 0 Å². The molecule has 0 radical (unpaired) electrons. The van der Waals surface area contributed by atoms with E-state index in [0.29, 0.717) is 13.2 Å². The SMILES string of the molecule is CCC(N)(c1ccccc1)c1ccc2c(c1)OCCO2. The molecule has 0 saturated heterocycles. The Balaban J connectivity index is 2.05. The first-order valence-corrected chi connectivity index (χ1v) is 6.98. The summed E-state index contributed by atoms with van der Waals surface area (Å²) in [6.45, 7) is 3.29. The maximum Gasteiger partial charge on any atom is 0.161 e. The summed E-state index contributed by atoms with van der Waals surface area (Å²) in [6, 6.07) is 16.2. The van der Waals surface area contributed by atoms with Gasteiger partial charge in [-0.15, -0.1) is 0 Å². The van der Waals surface area contributed by atoms with Crippen LogP contribution in [0.3, 0.4) is 0 Å². The summed E-state index contributed by atoms with van der Waals surface area (Å²) in [5.74, 6) is 1.58. The third-order valence-electron chi connectivity index (χ3n) is 3.90. The van der Waals surface area contributed by atoms with E-state index in [1.165, 1.54) is 0 Å². The number of rotatable bonds is 3. The van der Waals surface area contributed by atoms with E-state index < -0.39 is 5.54 Å². The fraction of sp³-hybridized carbons (Fsp3) is 0.294. The van der Waals surface area contributed by atoms with Gasteiger partial charge in [0.15, 0.2) is 11.5 Å². The van der Waals surface area contributed by atoms with Gasteiger partial charge in [0.2, 0.25) is 0 Å². The molecule has 20 heavy (non-hydrogen) atoms. The molecule has 0 amide bonds. The van der Waals surface area contributed by atoms with Crippen LogP contribution in [0.2, 0.25) is 0 Å². The molecule has 1 atom stereocenters. The first-order chi connectivity index (χ1) is 9.74. The highest BCUT2D eigenvalue weighted by Crippen LogP contribution is 2.37. The Morgan fingerprint density at radius 3 is 2.35 bits per heavy atom. The van der Waals surface area contributed by atoms with Gasteiger partial charge in [0.25, 0.3) is 0 Å². The number of hydrogen-bond acceptors (Lipinski definition) is 3. The average Bonchev–Trinajstić information content (AvgIpc) is 2.54. The monoisotopic (exact) mass is 269 g/mol. The summed E-state index contributed by atoms with van der Waals surface area (Å²) < 4.78 is 11.2. The average molecular weight is 269 g/mol. The van der Waals surface area contributed by atoms with Gasteiger partial charge in [-0.2, -0.15) is 0 Å². The first kappa shape index (κ1) is 13.0. The largest absolute Gasteiger partial charge is 0.486 e. The van der Waals surface area contributed by atoms with Crippen molar-refractivity contribution in [1.82, 2.24) is 0 Å². The third-order valence-corrected chi connectivity index (χ3v) is 3.90. The van der Waals surface area contributed by atoms with E-state index in [1.807, 2.05) is 36.4 Å². The molecule has 3 rings (SSSR count). The van der Waals surface area contributed by atoms with Gasteiger partial charge in [-0.3, -0.25) is 0 Å². The van der Waals surface area contributed by atoms with Crippen molar-refractivity contribution in [2.45, 2.75) is 18.9 Å². The van der Waals surface area contributed by atoms with E-state index in [0.717, 1.165) is 29.0 Å². The molecule has 2 aromatic rings. The summed E-state index contributed by atoms with van der Waals surface area (Å²) in [5.41, 5.74) is 8.34. The normalized spacial score (nSPS) is 16.5. The van der Waals surface area contributed by atoms with Gasteiger partial charge in [0.05, 0.1) is 5.54 Å². The third kappa shape index (κ3) is 2.14. The Bertz CT molecular complexity index is 597.